The normalized spacial score (nSPS) is 20.2. The zero-order valence-electron chi connectivity index (χ0n) is 9.29. The second kappa shape index (κ2) is 4.48. The lowest BCUT2D eigenvalue weighted by Gasteiger charge is -2.06. The molecule has 0 bridgehead atoms. The molecule has 1 aliphatic heterocycles. The Morgan fingerprint density at radius 3 is 3.12 bits per heavy atom. The van der Waals surface area contributed by atoms with Crippen LogP contribution in [-0.2, 0) is 6.42 Å². The van der Waals surface area contributed by atoms with Crippen LogP contribution in [0.5, 0.6) is 0 Å². The molecule has 2 aromatic rings. The molecule has 3 nitrogen and oxygen atoms in total. The summed E-state index contributed by atoms with van der Waals surface area (Å²) < 4.78 is 2.03. The van der Waals surface area contributed by atoms with Crippen LogP contribution >= 0.6 is 23.2 Å². The third-order valence-electron chi connectivity index (χ3n) is 3.27. The lowest BCUT2D eigenvalue weighted by atomic mass is 10.1. The number of fused-ring (bicyclic) bond motifs is 1. The molecule has 0 amide bonds. The van der Waals surface area contributed by atoms with Gasteiger partial charge in [0.1, 0.15) is 5.82 Å². The van der Waals surface area contributed by atoms with Gasteiger partial charge in [-0.15, -0.1) is 0 Å². The predicted molar refractivity (Wildman–Crippen MR) is 69.9 cm³/mol. The molecule has 0 spiro atoms. The van der Waals surface area contributed by atoms with Gasteiger partial charge in [-0.2, -0.15) is 0 Å². The zero-order valence-corrected chi connectivity index (χ0v) is 10.8. The van der Waals surface area contributed by atoms with E-state index in [9.17, 15) is 0 Å². The molecule has 1 aliphatic rings. The van der Waals surface area contributed by atoms with E-state index >= 15 is 0 Å². The fourth-order valence-electron chi connectivity index (χ4n) is 2.37. The van der Waals surface area contributed by atoms with Crippen LogP contribution in [0.2, 0.25) is 10.2 Å². The largest absolute Gasteiger partial charge is 0.316 e. The molecule has 1 N–H and O–H groups in total. The van der Waals surface area contributed by atoms with Gasteiger partial charge in [-0.25, -0.2) is 4.98 Å². The van der Waals surface area contributed by atoms with Crippen molar-refractivity contribution in [1.82, 2.24) is 14.7 Å². The number of hydrogen-bond donors (Lipinski definition) is 1. The first kappa shape index (κ1) is 11.3. The maximum Gasteiger partial charge on any atom is 0.155 e. The van der Waals surface area contributed by atoms with Gasteiger partial charge in [-0.3, -0.25) is 0 Å². The molecule has 0 aromatic carbocycles. The molecular weight excluding hydrogens is 257 g/mol. The number of aromatic nitrogens is 2. The third kappa shape index (κ3) is 2.15. The molecule has 17 heavy (non-hydrogen) atoms. The minimum atomic E-state index is 0.536. The smallest absolute Gasteiger partial charge is 0.155 e. The summed E-state index contributed by atoms with van der Waals surface area (Å²) in [7, 11) is 0. The maximum absolute atomic E-state index is 6.13. The van der Waals surface area contributed by atoms with Crippen molar-refractivity contribution >= 4 is 28.7 Å². The van der Waals surface area contributed by atoms with Crippen molar-refractivity contribution in [3.8, 4) is 0 Å². The van der Waals surface area contributed by atoms with Crippen molar-refractivity contribution in [2.75, 3.05) is 13.1 Å². The van der Waals surface area contributed by atoms with Gasteiger partial charge < -0.3 is 9.72 Å². The number of imidazole rings is 1. The highest BCUT2D eigenvalue weighted by atomic mass is 35.5. The molecule has 2 aromatic heterocycles. The summed E-state index contributed by atoms with van der Waals surface area (Å²) in [4.78, 5) is 4.44. The summed E-state index contributed by atoms with van der Waals surface area (Å²) in [5, 5.41) is 4.59. The molecule has 1 atom stereocenters. The van der Waals surface area contributed by atoms with E-state index in [2.05, 4.69) is 10.3 Å². The Kier molecular flexibility index (Phi) is 2.99. The average Bonchev–Trinajstić information content (AvgIpc) is 2.89. The van der Waals surface area contributed by atoms with Crippen LogP contribution in [0.3, 0.4) is 0 Å². The van der Waals surface area contributed by atoms with Crippen LogP contribution in [0, 0.1) is 5.92 Å². The fourth-order valence-corrected chi connectivity index (χ4v) is 2.78. The van der Waals surface area contributed by atoms with Gasteiger partial charge in [-0.05, 0) is 37.6 Å². The molecule has 0 aliphatic carbocycles. The summed E-state index contributed by atoms with van der Waals surface area (Å²) in [5.41, 5.74) is 0.889. The predicted octanol–water partition coefficient (Wildman–Crippen LogP) is 2.79. The van der Waals surface area contributed by atoms with Crippen LogP contribution in [0.4, 0.5) is 0 Å². The molecule has 1 fully saturated rings. The third-order valence-corrected chi connectivity index (χ3v) is 3.78. The number of hydrogen-bond acceptors (Lipinski definition) is 2. The van der Waals surface area contributed by atoms with Crippen molar-refractivity contribution in [2.45, 2.75) is 12.8 Å². The Labute approximate surface area is 110 Å². The van der Waals surface area contributed by atoms with Gasteiger partial charge >= 0.3 is 0 Å². The molecule has 0 saturated carbocycles. The SMILES string of the molecule is Clc1ccn2c(CC3CCNC3)nc(Cl)c2c1. The van der Waals surface area contributed by atoms with Crippen LogP contribution in [-0.4, -0.2) is 22.5 Å². The molecule has 3 rings (SSSR count). The number of nitrogens with zero attached hydrogens (tertiary/aromatic N) is 2. The van der Waals surface area contributed by atoms with Crippen molar-refractivity contribution in [2.24, 2.45) is 5.92 Å². The summed E-state index contributed by atoms with van der Waals surface area (Å²) in [5.74, 6) is 1.68. The van der Waals surface area contributed by atoms with Gasteiger partial charge in [0, 0.05) is 17.6 Å². The molecule has 1 saturated heterocycles. The van der Waals surface area contributed by atoms with Gasteiger partial charge in [0.15, 0.2) is 5.15 Å². The van der Waals surface area contributed by atoms with Crippen molar-refractivity contribution in [1.29, 1.82) is 0 Å². The van der Waals surface area contributed by atoms with E-state index in [1.807, 2.05) is 22.7 Å². The molecule has 5 heteroatoms. The van der Waals surface area contributed by atoms with Crippen molar-refractivity contribution in [3.05, 3.63) is 34.3 Å². The second-order valence-electron chi connectivity index (χ2n) is 4.48. The van der Waals surface area contributed by atoms with Crippen molar-refractivity contribution in [3.63, 3.8) is 0 Å². The minimum Gasteiger partial charge on any atom is -0.316 e. The molecular formula is C12H13Cl2N3. The Morgan fingerprint density at radius 2 is 2.35 bits per heavy atom. The molecule has 1 unspecified atom stereocenters. The van der Waals surface area contributed by atoms with Crippen LogP contribution in [0.15, 0.2) is 18.3 Å². The lowest BCUT2D eigenvalue weighted by molar-refractivity contribution is 0.560. The Hall–Kier alpha value is -0.770. The van der Waals surface area contributed by atoms with E-state index in [1.54, 1.807) is 0 Å². The van der Waals surface area contributed by atoms with E-state index in [0.717, 1.165) is 30.9 Å². The topological polar surface area (TPSA) is 29.3 Å². The second-order valence-corrected chi connectivity index (χ2v) is 5.28. The Balaban J connectivity index is 1.98. The summed E-state index contributed by atoms with van der Waals surface area (Å²) in [6.07, 6.45) is 4.11. The summed E-state index contributed by atoms with van der Waals surface area (Å²) in [6, 6.07) is 3.72. The number of pyridine rings is 1. The number of nitrogens with one attached hydrogen (secondary N) is 1. The zero-order chi connectivity index (χ0) is 11.8. The summed E-state index contributed by atoms with van der Waals surface area (Å²) >= 11 is 12.1. The summed E-state index contributed by atoms with van der Waals surface area (Å²) in [6.45, 7) is 2.17. The quantitative estimate of drug-likeness (QED) is 0.909. The Bertz CT molecular complexity index is 544. The van der Waals surface area contributed by atoms with E-state index in [1.165, 1.54) is 6.42 Å². The molecule has 3 heterocycles. The first-order valence-electron chi connectivity index (χ1n) is 5.77. The minimum absolute atomic E-state index is 0.536. The van der Waals surface area contributed by atoms with Gasteiger partial charge in [0.05, 0.1) is 5.52 Å². The van der Waals surface area contributed by atoms with Gasteiger partial charge in [0.2, 0.25) is 0 Å². The van der Waals surface area contributed by atoms with Gasteiger partial charge in [0.25, 0.3) is 0 Å². The number of rotatable bonds is 2. The first-order valence-corrected chi connectivity index (χ1v) is 6.52. The van der Waals surface area contributed by atoms with Crippen LogP contribution in [0.25, 0.3) is 5.52 Å². The monoisotopic (exact) mass is 269 g/mol. The molecule has 0 radical (unpaired) electrons. The van der Waals surface area contributed by atoms with E-state index < -0.39 is 0 Å². The average molecular weight is 270 g/mol. The highest BCUT2D eigenvalue weighted by Crippen LogP contribution is 2.24. The molecule has 90 valence electrons. The van der Waals surface area contributed by atoms with E-state index in [4.69, 9.17) is 23.2 Å². The van der Waals surface area contributed by atoms with Crippen LogP contribution in [0.1, 0.15) is 12.2 Å². The van der Waals surface area contributed by atoms with E-state index in [-0.39, 0.29) is 0 Å². The maximum atomic E-state index is 6.13. The highest BCUT2D eigenvalue weighted by molar-refractivity contribution is 6.34. The van der Waals surface area contributed by atoms with E-state index in [0.29, 0.717) is 16.1 Å². The van der Waals surface area contributed by atoms with Crippen LogP contribution < -0.4 is 5.32 Å². The first-order chi connectivity index (χ1) is 8.24. The standard InChI is InChI=1S/C12H13Cl2N3/c13-9-2-4-17-10(6-9)12(14)16-11(17)5-8-1-3-15-7-8/h2,4,6,8,15H,1,3,5,7H2. The number of halogens is 2. The lowest BCUT2D eigenvalue weighted by Crippen LogP contribution is -2.12. The van der Waals surface area contributed by atoms with Gasteiger partial charge in [-0.1, -0.05) is 23.2 Å². The Morgan fingerprint density at radius 1 is 1.47 bits per heavy atom. The fraction of sp³-hybridized carbons (Fsp3) is 0.417. The van der Waals surface area contributed by atoms with Crippen molar-refractivity contribution < 1.29 is 0 Å². The highest BCUT2D eigenvalue weighted by Gasteiger charge is 2.18.